The summed E-state index contributed by atoms with van der Waals surface area (Å²) in [7, 11) is 0. The molecule has 0 aromatic heterocycles. The summed E-state index contributed by atoms with van der Waals surface area (Å²) in [4.78, 5) is 14.0. The Balaban J connectivity index is 2.18. The average Bonchev–Trinajstić information content (AvgIpc) is 2.59. The summed E-state index contributed by atoms with van der Waals surface area (Å²) in [5, 5.41) is 3.56. The summed E-state index contributed by atoms with van der Waals surface area (Å²) in [6, 6.07) is 13.7. The number of rotatable bonds is 1. The van der Waals surface area contributed by atoms with Crippen LogP contribution in [0, 0.1) is 6.92 Å². The van der Waals surface area contributed by atoms with E-state index in [1.54, 1.807) is 0 Å². The summed E-state index contributed by atoms with van der Waals surface area (Å²) < 4.78 is 0. The first-order valence-corrected chi connectivity index (χ1v) is 6.96. The largest absolute Gasteiger partial charge is 0.338 e. The number of nitrogens with zero attached hydrogens (tertiary/aromatic N) is 1. The Morgan fingerprint density at radius 2 is 1.95 bits per heavy atom. The van der Waals surface area contributed by atoms with Crippen molar-refractivity contribution in [3.63, 3.8) is 0 Å². The molecule has 0 spiro atoms. The van der Waals surface area contributed by atoms with E-state index in [1.165, 1.54) is 0 Å². The van der Waals surface area contributed by atoms with Crippen molar-refractivity contribution in [2.24, 2.45) is 0 Å². The fraction of sp³-hybridized carbons (Fsp3) is 0.188. The monoisotopic (exact) mass is 286 g/mol. The van der Waals surface area contributed by atoms with Gasteiger partial charge in [-0.15, -0.1) is 0 Å². The van der Waals surface area contributed by atoms with Crippen LogP contribution in [0.4, 0.5) is 17.1 Å². The number of anilines is 3. The number of fused-ring (bicyclic) bond motifs is 1. The van der Waals surface area contributed by atoms with Crippen LogP contribution in [0.3, 0.4) is 0 Å². The fourth-order valence-corrected chi connectivity index (χ4v) is 2.81. The van der Waals surface area contributed by atoms with Crippen molar-refractivity contribution >= 4 is 34.6 Å². The molecule has 1 aliphatic heterocycles. The molecule has 2 aromatic carbocycles. The van der Waals surface area contributed by atoms with Crippen molar-refractivity contribution < 1.29 is 4.79 Å². The molecule has 3 nitrogen and oxygen atoms in total. The van der Waals surface area contributed by atoms with Gasteiger partial charge < -0.3 is 10.2 Å². The van der Waals surface area contributed by atoms with Gasteiger partial charge in [0.1, 0.15) is 0 Å². The van der Waals surface area contributed by atoms with Crippen LogP contribution in [-0.2, 0) is 4.79 Å². The van der Waals surface area contributed by atoms with Gasteiger partial charge in [-0.05, 0) is 30.7 Å². The molecule has 3 rings (SSSR count). The van der Waals surface area contributed by atoms with E-state index < -0.39 is 0 Å². The van der Waals surface area contributed by atoms with Gasteiger partial charge in [0.15, 0.2) is 0 Å². The van der Waals surface area contributed by atoms with Gasteiger partial charge in [0.05, 0.1) is 16.4 Å². The number of carbonyl (C=O) groups excluding carboxylic acids is 1. The molecule has 2 aromatic rings. The number of hydrogen-bond donors (Lipinski definition) is 1. The van der Waals surface area contributed by atoms with Crippen molar-refractivity contribution in [3.8, 4) is 0 Å². The number of aryl methyl sites for hydroxylation is 1. The predicted molar refractivity (Wildman–Crippen MR) is 82.9 cm³/mol. The quantitative estimate of drug-likeness (QED) is 0.855. The number of benzene rings is 2. The number of nitrogens with one attached hydrogen (secondary N) is 1. The van der Waals surface area contributed by atoms with E-state index in [1.807, 2.05) is 30.3 Å². The minimum absolute atomic E-state index is 0.0181. The lowest BCUT2D eigenvalue weighted by Gasteiger charge is -2.26. The maximum Gasteiger partial charge on any atom is 0.226 e. The summed E-state index contributed by atoms with van der Waals surface area (Å²) in [5.41, 5.74) is 3.88. The zero-order valence-electron chi connectivity index (χ0n) is 11.2. The third kappa shape index (κ3) is 2.25. The Morgan fingerprint density at radius 3 is 2.75 bits per heavy atom. The summed E-state index contributed by atoms with van der Waals surface area (Å²) in [5.74, 6) is 0.0181. The van der Waals surface area contributed by atoms with Crippen LogP contribution in [0.5, 0.6) is 0 Å². The molecule has 0 fully saturated rings. The van der Waals surface area contributed by atoms with E-state index in [-0.39, 0.29) is 5.91 Å². The predicted octanol–water partition coefficient (Wildman–Crippen LogP) is 4.13. The summed E-state index contributed by atoms with van der Waals surface area (Å²) >= 11 is 6.37. The number of halogens is 1. The number of hydrogen-bond acceptors (Lipinski definition) is 2. The smallest absolute Gasteiger partial charge is 0.226 e. The highest BCUT2D eigenvalue weighted by atomic mass is 35.5. The minimum Gasteiger partial charge on any atom is -0.338 e. The molecule has 0 aliphatic carbocycles. The maximum atomic E-state index is 11.8. The van der Waals surface area contributed by atoms with E-state index >= 15 is 0 Å². The van der Waals surface area contributed by atoms with Crippen molar-refractivity contribution in [1.82, 2.24) is 0 Å². The first kappa shape index (κ1) is 13.0. The first-order valence-electron chi connectivity index (χ1n) is 6.58. The molecule has 1 heterocycles. The Labute approximate surface area is 123 Å². The standard InChI is InChI=1S/C16H15ClN2O/c1-11-5-2-3-8-14(11)19-10-9-15(20)18-13-7-4-6-12(17)16(13)19/h2-8H,9-10H2,1H3,(H,18,20). The molecule has 1 amide bonds. The van der Waals surface area contributed by atoms with Crippen molar-refractivity contribution in [1.29, 1.82) is 0 Å². The molecule has 0 saturated carbocycles. The van der Waals surface area contributed by atoms with Crippen LogP contribution in [0.1, 0.15) is 12.0 Å². The van der Waals surface area contributed by atoms with E-state index in [0.29, 0.717) is 18.0 Å². The lowest BCUT2D eigenvalue weighted by molar-refractivity contribution is -0.115. The van der Waals surface area contributed by atoms with Crippen LogP contribution in [0.25, 0.3) is 0 Å². The van der Waals surface area contributed by atoms with E-state index in [4.69, 9.17) is 11.6 Å². The van der Waals surface area contributed by atoms with Crippen LogP contribution in [0.2, 0.25) is 5.02 Å². The summed E-state index contributed by atoms with van der Waals surface area (Å²) in [6.45, 7) is 2.68. The third-order valence-corrected chi connectivity index (χ3v) is 3.80. The Morgan fingerprint density at radius 1 is 1.15 bits per heavy atom. The maximum absolute atomic E-state index is 11.8. The topological polar surface area (TPSA) is 32.3 Å². The molecule has 20 heavy (non-hydrogen) atoms. The molecule has 1 N–H and O–H groups in total. The van der Waals surface area contributed by atoms with Gasteiger partial charge in [-0.3, -0.25) is 4.79 Å². The van der Waals surface area contributed by atoms with Gasteiger partial charge in [-0.1, -0.05) is 35.9 Å². The van der Waals surface area contributed by atoms with Crippen LogP contribution in [0.15, 0.2) is 42.5 Å². The van der Waals surface area contributed by atoms with Crippen molar-refractivity contribution in [3.05, 3.63) is 53.1 Å². The van der Waals surface area contributed by atoms with E-state index in [9.17, 15) is 4.79 Å². The Hall–Kier alpha value is -2.00. The number of carbonyl (C=O) groups is 1. The van der Waals surface area contributed by atoms with Gasteiger partial charge in [-0.25, -0.2) is 0 Å². The molecule has 4 heteroatoms. The molecule has 0 radical (unpaired) electrons. The average molecular weight is 287 g/mol. The van der Waals surface area contributed by atoms with Crippen LogP contribution in [-0.4, -0.2) is 12.5 Å². The van der Waals surface area contributed by atoms with Gasteiger partial charge >= 0.3 is 0 Å². The molecule has 1 aliphatic rings. The molecule has 0 atom stereocenters. The molecule has 0 saturated heterocycles. The zero-order chi connectivity index (χ0) is 14.1. The first-order chi connectivity index (χ1) is 9.66. The van der Waals surface area contributed by atoms with Crippen molar-refractivity contribution in [2.45, 2.75) is 13.3 Å². The number of para-hydroxylation sites is 2. The second-order valence-corrected chi connectivity index (χ2v) is 5.28. The van der Waals surface area contributed by atoms with Gasteiger partial charge in [0, 0.05) is 18.7 Å². The van der Waals surface area contributed by atoms with Gasteiger partial charge in [0.2, 0.25) is 5.91 Å². The fourth-order valence-electron chi connectivity index (χ4n) is 2.54. The zero-order valence-corrected chi connectivity index (χ0v) is 11.9. The second-order valence-electron chi connectivity index (χ2n) is 4.87. The van der Waals surface area contributed by atoms with Gasteiger partial charge in [-0.2, -0.15) is 0 Å². The molecule has 102 valence electrons. The molecular formula is C16H15ClN2O. The minimum atomic E-state index is 0.0181. The van der Waals surface area contributed by atoms with Gasteiger partial charge in [0.25, 0.3) is 0 Å². The molecule has 0 bridgehead atoms. The number of amides is 1. The second kappa shape index (κ2) is 5.17. The molecule has 0 unspecified atom stereocenters. The van der Waals surface area contributed by atoms with E-state index in [0.717, 1.165) is 22.6 Å². The van der Waals surface area contributed by atoms with E-state index in [2.05, 4.69) is 29.3 Å². The lowest BCUT2D eigenvalue weighted by atomic mass is 10.1. The lowest BCUT2D eigenvalue weighted by Crippen LogP contribution is -2.20. The molecular weight excluding hydrogens is 272 g/mol. The van der Waals surface area contributed by atoms with Crippen LogP contribution < -0.4 is 10.2 Å². The SMILES string of the molecule is Cc1ccccc1N1CCC(=O)Nc2cccc(Cl)c21. The normalized spacial score (nSPS) is 14.5. The highest BCUT2D eigenvalue weighted by Crippen LogP contribution is 2.40. The van der Waals surface area contributed by atoms with Crippen LogP contribution >= 0.6 is 11.6 Å². The highest BCUT2D eigenvalue weighted by molar-refractivity contribution is 6.34. The van der Waals surface area contributed by atoms with Crippen molar-refractivity contribution in [2.75, 3.05) is 16.8 Å². The Kier molecular flexibility index (Phi) is 3.36. The Bertz CT molecular complexity index is 669. The third-order valence-electron chi connectivity index (χ3n) is 3.50. The highest BCUT2D eigenvalue weighted by Gasteiger charge is 2.23. The summed E-state index contributed by atoms with van der Waals surface area (Å²) in [6.07, 6.45) is 0.444.